The van der Waals surface area contributed by atoms with Gasteiger partial charge in [-0.2, -0.15) is 0 Å². The van der Waals surface area contributed by atoms with Crippen LogP contribution in [0.1, 0.15) is 209 Å². The molecule has 2 fully saturated rings. The fourth-order valence-corrected chi connectivity index (χ4v) is 16.1. The lowest BCUT2D eigenvalue weighted by Gasteiger charge is -2.23. The molecule has 3 unspecified atom stereocenters. The van der Waals surface area contributed by atoms with Gasteiger partial charge >= 0.3 is 92.5 Å². The highest BCUT2D eigenvalue weighted by atomic mass is 79.9. The highest BCUT2D eigenvalue weighted by molar-refractivity contribution is 9.10. The van der Waals surface area contributed by atoms with Crippen LogP contribution in [0.15, 0.2) is 310 Å². The first-order chi connectivity index (χ1) is 68.4. The maximum atomic E-state index is 11.8. The summed E-state index contributed by atoms with van der Waals surface area (Å²) >= 11 is 6.06. The van der Waals surface area contributed by atoms with E-state index < -0.39 is 40.4 Å². The predicted octanol–water partition coefficient (Wildman–Crippen LogP) is 42.3. The first-order valence-electron chi connectivity index (χ1n) is 45.2. The van der Waals surface area contributed by atoms with E-state index in [0.717, 1.165) is 99.1 Å². The lowest BCUT2D eigenvalue weighted by atomic mass is 9.89. The number of allylic oxidation sites excluding steroid dienone is 1. The molecule has 10 aromatic carbocycles. The molecule has 0 bridgehead atoms. The fraction of sp³-hybridized carbons (Fsp3) is 0.415. The van der Waals surface area contributed by atoms with Crippen molar-refractivity contribution in [1.82, 2.24) is 0 Å². The van der Waals surface area contributed by atoms with Gasteiger partial charge in [0.2, 0.25) is 0 Å². The Morgan fingerprint density at radius 2 is 0.678 bits per heavy atom. The van der Waals surface area contributed by atoms with Crippen molar-refractivity contribution in [3.63, 3.8) is 0 Å². The van der Waals surface area contributed by atoms with Crippen LogP contribution < -0.4 is 27.1 Å². The highest BCUT2D eigenvalue weighted by Gasteiger charge is 2.26. The van der Waals surface area contributed by atoms with Crippen LogP contribution in [-0.2, 0) is 106 Å². The van der Waals surface area contributed by atoms with Crippen molar-refractivity contribution in [1.29, 1.82) is 0 Å². The standard InChI is InChI=1S/C18H14O3P.2C12H10O3P.C9H11O2P.C8H9O2P.2C7H13O2P.C7H7O2P.C6H11O2P.C4H9BrOP.C4H10OP.2C2H6.CH2BrOP.CH3OP.6CH4.2H2/c19-22(20-17-9-5-2-6-10-17)21-18-13-11-16(12-14-18)15-7-3-1-4-8-15;2*13-16(14-11-7-3-1-4-8-11)15-12-9-5-2-6-10-12;10-12-11-8-4-7-9-5-2-1-3-6-9;9-11-10-7-6-8-4-2-1-3-5-8;1-6-2-4-7(5-3-6)9-10-8;2*8-10-9-6-7-4-2-1-3-5-7;1-2-3-4-5-6-8-9-7;1-2-3-7(6)4-5;1-3-4-6(2)5;2*1-2;2-1-4-3;1-3-2;;;;;;;;/h1-14H;2*1-10H;1-3,5-6H,4,7-8H2;1-5H,6-7H2;6-7H,2-5H2,1H3;7H,1-6H2;1-5H,6H2;2H,1,3-6H2;2-4H2,1H3;3-4H2,1-2H3;2*1-2H3;1H2;1H3;6*1H4;2*1H/q3*+1;;;;;;;2*+1;;;;;;;;;;;;. The van der Waals surface area contributed by atoms with Crippen LogP contribution in [0.4, 0.5) is 0 Å². The number of rotatable bonds is 42. The summed E-state index contributed by atoms with van der Waals surface area (Å²) in [5.41, 5.74) is 5.73. The normalized spacial score (nSPS) is 11.9. The molecule has 0 N–H and O–H groups in total. The SMILES string of the molecule is C.C.C.C.C.C.C=CCCCCOP=O.CC.CC.CC1CCC(OP=O)CC1.CCC[P+](=O)CBr.CCC[P+](C)=O.CP=O.O=PCBr.O=POCC1CCCCC1.O=POCCCc1ccccc1.O=POCCc1ccccc1.O=POCc1ccccc1.O=[P+](Oc1ccccc1)Oc1ccc(-c2ccccc2)cc1.O=[P+](Oc1ccccc1)Oc1ccccc1.O=[P+](Oc1ccccc1)Oc1ccccc1.[HH].[HH]. The van der Waals surface area contributed by atoms with Gasteiger partial charge in [0.25, 0.3) is 0 Å². The van der Waals surface area contributed by atoms with Crippen molar-refractivity contribution in [2.75, 3.05) is 62.2 Å². The number of hydrogen-bond donors (Lipinski definition) is 0. The Hall–Kier alpha value is -7.24. The van der Waals surface area contributed by atoms with E-state index in [2.05, 4.69) is 75.6 Å². The van der Waals surface area contributed by atoms with E-state index in [9.17, 15) is 54.8 Å². The Balaban J connectivity index is -0.000000155. The molecule has 0 saturated heterocycles. The van der Waals surface area contributed by atoms with Crippen LogP contribution in [0, 0.1) is 11.8 Å². The molecule has 3 atom stereocenters. The van der Waals surface area contributed by atoms with Gasteiger partial charge in [-0.1, -0.05) is 368 Å². The van der Waals surface area contributed by atoms with E-state index in [-0.39, 0.29) is 123 Å². The van der Waals surface area contributed by atoms with Gasteiger partial charge in [-0.15, -0.1) is 6.58 Å². The number of halogens is 2. The molecule has 810 valence electrons. The van der Waals surface area contributed by atoms with Crippen LogP contribution in [0.5, 0.6) is 34.5 Å². The van der Waals surface area contributed by atoms with Crippen molar-refractivity contribution in [3.05, 3.63) is 327 Å². The topological polar surface area (TPSA) is 333 Å². The third kappa shape index (κ3) is 101. The predicted molar refractivity (Wildman–Crippen MR) is 627 cm³/mol. The molecule has 0 amide bonds. The van der Waals surface area contributed by atoms with Gasteiger partial charge in [-0.05, 0) is 218 Å². The van der Waals surface area contributed by atoms with Crippen molar-refractivity contribution in [3.8, 4) is 45.6 Å². The second-order valence-corrected chi connectivity index (χ2v) is 39.9. The molecule has 0 radical (unpaired) electrons. The Labute approximate surface area is 912 Å². The molecule has 2 aliphatic rings. The summed E-state index contributed by atoms with van der Waals surface area (Å²) in [6.45, 7) is 24.0. The second kappa shape index (κ2) is 121. The van der Waals surface area contributed by atoms with Gasteiger partial charge < -0.3 is 0 Å². The summed E-state index contributed by atoms with van der Waals surface area (Å²) in [5.74, 6) is 4.65. The van der Waals surface area contributed by atoms with Crippen LogP contribution >= 0.6 is 141 Å². The third-order valence-electron chi connectivity index (χ3n) is 17.2. The quantitative estimate of drug-likeness (QED) is 0.0148. The lowest BCUT2D eigenvalue weighted by molar-refractivity contribution is 0.151. The molecular weight excluding hydrogens is 2240 g/mol. The van der Waals surface area contributed by atoms with Crippen molar-refractivity contribution in [2.24, 2.45) is 11.8 Å². The Bertz CT molecular complexity index is 4490. The van der Waals surface area contributed by atoms with Crippen LogP contribution in [-0.4, -0.2) is 68.3 Å². The van der Waals surface area contributed by atoms with Gasteiger partial charge in [0, 0.05) is 23.2 Å². The number of para-hydroxylation sites is 5. The maximum Gasteiger partial charge on any atom is 0.805 e. The molecule has 25 nitrogen and oxygen atoms in total. The summed E-state index contributed by atoms with van der Waals surface area (Å²) in [6, 6.07) is 91.8. The lowest BCUT2D eigenvalue weighted by Crippen LogP contribution is -2.16. The van der Waals surface area contributed by atoms with E-state index in [1.807, 2.05) is 211 Å². The van der Waals surface area contributed by atoms with Gasteiger partial charge in [0.05, 0.1) is 44.2 Å². The molecule has 2 saturated carbocycles. The first kappa shape index (κ1) is 156. The molecule has 0 aliphatic heterocycles. The molecule has 10 aromatic rings. The summed E-state index contributed by atoms with van der Waals surface area (Å²) in [4.78, 5) is 0. The Morgan fingerprint density at radius 1 is 0.370 bits per heavy atom. The van der Waals surface area contributed by atoms with E-state index in [0.29, 0.717) is 83.6 Å². The summed E-state index contributed by atoms with van der Waals surface area (Å²) in [7, 11) is -9.29. The minimum Gasteiger partial charge on any atom is -0.294 e. The molecular formula is C106H162Br2O25P13+5. The molecule has 40 heteroatoms. The van der Waals surface area contributed by atoms with Crippen molar-refractivity contribution >= 4 is 141 Å². The van der Waals surface area contributed by atoms with Crippen LogP contribution in [0.2, 0.25) is 0 Å². The van der Waals surface area contributed by atoms with Gasteiger partial charge in [0.1, 0.15) is 19.0 Å². The molecule has 146 heavy (non-hydrogen) atoms. The monoisotopic (exact) mass is 2400 g/mol. The van der Waals surface area contributed by atoms with Crippen molar-refractivity contribution in [2.45, 2.75) is 215 Å². The van der Waals surface area contributed by atoms with E-state index >= 15 is 0 Å². The minimum atomic E-state index is -2.25. The highest BCUT2D eigenvalue weighted by Crippen LogP contribution is 2.35. The number of hydrogen-bond acceptors (Lipinski definition) is 25. The summed E-state index contributed by atoms with van der Waals surface area (Å²) in [6.07, 6.45) is 22.8. The fourth-order valence-electron chi connectivity index (χ4n) is 10.9. The van der Waals surface area contributed by atoms with Crippen molar-refractivity contribution < 1.29 is 116 Å². The Kier molecular flexibility index (Phi) is 130. The number of benzene rings is 10. The summed E-state index contributed by atoms with van der Waals surface area (Å²) < 4.78 is 192. The zero-order chi connectivity index (χ0) is 104. The minimum absolute atomic E-state index is 0. The number of unbranched alkanes of at least 4 members (excludes halogenated alkanes) is 2. The average molecular weight is 2400 g/mol. The third-order valence-corrected chi connectivity index (χ3v) is 25.8. The van der Waals surface area contributed by atoms with E-state index in [1.54, 1.807) is 135 Å². The largest absolute Gasteiger partial charge is 0.805 e. The molecule has 12 rings (SSSR count). The average Bonchev–Trinajstić information content (AvgIpc) is 0.857. The smallest absolute Gasteiger partial charge is 0.294 e. The Morgan fingerprint density at radius 3 is 0.979 bits per heavy atom. The maximum absolute atomic E-state index is 11.8. The summed E-state index contributed by atoms with van der Waals surface area (Å²) in [5, 5.41) is 1.21. The van der Waals surface area contributed by atoms with E-state index in [4.69, 9.17) is 40.8 Å². The second-order valence-electron chi connectivity index (χ2n) is 27.9. The van der Waals surface area contributed by atoms with Gasteiger partial charge in [-0.25, -0.2) is 54.5 Å². The molecule has 0 spiro atoms. The zero-order valence-electron chi connectivity index (χ0n) is 81.0. The molecule has 0 aromatic heterocycles. The van der Waals surface area contributed by atoms with E-state index in [1.165, 1.54) is 56.1 Å². The number of alkyl halides is 2. The van der Waals surface area contributed by atoms with Gasteiger partial charge in [0.15, 0.2) is 56.5 Å². The first-order valence-corrected chi connectivity index (χ1v) is 60.8. The number of aryl methyl sites for hydroxylation is 1. The van der Waals surface area contributed by atoms with Crippen LogP contribution in [0.25, 0.3) is 11.1 Å². The zero-order valence-corrected chi connectivity index (χ0v) is 95.8. The van der Waals surface area contributed by atoms with Crippen LogP contribution in [0.3, 0.4) is 0 Å². The molecule has 0 heterocycles. The molecule has 2 aliphatic carbocycles. The van der Waals surface area contributed by atoms with Gasteiger partial charge in [-0.3, -0.25) is 36.3 Å².